The van der Waals surface area contributed by atoms with E-state index in [0.717, 1.165) is 19.3 Å². The van der Waals surface area contributed by atoms with Gasteiger partial charge >= 0.3 is 11.8 Å². The van der Waals surface area contributed by atoms with Crippen LogP contribution in [0.25, 0.3) is 0 Å². The second kappa shape index (κ2) is 4.61. The van der Waals surface area contributed by atoms with E-state index in [9.17, 15) is 9.59 Å². The summed E-state index contributed by atoms with van der Waals surface area (Å²) in [7, 11) is 0. The molecule has 1 aliphatic carbocycles. The number of hydrogen-bond acceptors (Lipinski definition) is 3. The van der Waals surface area contributed by atoms with E-state index in [-0.39, 0.29) is 11.5 Å². The van der Waals surface area contributed by atoms with Gasteiger partial charge < -0.3 is 5.32 Å². The molecular weight excluding hydrogens is 194 g/mol. The molecule has 0 saturated heterocycles. The van der Waals surface area contributed by atoms with Crippen molar-refractivity contribution in [2.45, 2.75) is 45.6 Å². The van der Waals surface area contributed by atoms with Crippen LogP contribution in [0.3, 0.4) is 0 Å². The number of hydrogen-bond donors (Lipinski definition) is 3. The molecule has 0 heterocycles. The number of rotatable bonds is 1. The highest BCUT2D eigenvalue weighted by Gasteiger charge is 2.34. The Morgan fingerprint density at radius 2 is 1.93 bits per heavy atom. The first-order valence-electron chi connectivity index (χ1n) is 5.29. The maximum Gasteiger partial charge on any atom is 0.323 e. The fourth-order valence-electron chi connectivity index (χ4n) is 2.05. The Labute approximate surface area is 89.8 Å². The highest BCUT2D eigenvalue weighted by molar-refractivity contribution is 6.34. The van der Waals surface area contributed by atoms with E-state index in [1.807, 2.05) is 5.43 Å². The van der Waals surface area contributed by atoms with Crippen molar-refractivity contribution in [3.8, 4) is 0 Å². The molecule has 1 rings (SSSR count). The first-order valence-corrected chi connectivity index (χ1v) is 5.29. The summed E-state index contributed by atoms with van der Waals surface area (Å²) in [6.07, 6.45) is 4.28. The third kappa shape index (κ3) is 2.92. The molecular formula is C10H19N3O2. The summed E-state index contributed by atoms with van der Waals surface area (Å²) in [6.45, 7) is 4.22. The molecule has 0 spiro atoms. The number of carbonyl (C=O) groups excluding carboxylic acids is 2. The Bertz CT molecular complexity index is 263. The molecule has 4 N–H and O–H groups in total. The van der Waals surface area contributed by atoms with Crippen LogP contribution in [0.1, 0.15) is 39.5 Å². The van der Waals surface area contributed by atoms with Gasteiger partial charge in [0.05, 0.1) is 0 Å². The number of amides is 2. The lowest BCUT2D eigenvalue weighted by atomic mass is 9.73. The van der Waals surface area contributed by atoms with Crippen molar-refractivity contribution in [2.24, 2.45) is 11.3 Å². The zero-order valence-electron chi connectivity index (χ0n) is 9.30. The van der Waals surface area contributed by atoms with Gasteiger partial charge in [-0.2, -0.15) is 0 Å². The molecule has 2 amide bonds. The molecule has 1 unspecified atom stereocenters. The van der Waals surface area contributed by atoms with Gasteiger partial charge in [0.2, 0.25) is 0 Å². The monoisotopic (exact) mass is 213 g/mol. The predicted molar refractivity (Wildman–Crippen MR) is 56.5 cm³/mol. The van der Waals surface area contributed by atoms with Gasteiger partial charge in [-0.25, -0.2) is 5.84 Å². The second-order valence-corrected chi connectivity index (χ2v) is 4.73. The van der Waals surface area contributed by atoms with Crippen molar-refractivity contribution in [3.63, 3.8) is 0 Å². The van der Waals surface area contributed by atoms with Gasteiger partial charge in [0.25, 0.3) is 0 Å². The van der Waals surface area contributed by atoms with Crippen LogP contribution in [0.2, 0.25) is 0 Å². The molecule has 1 saturated carbocycles. The smallest absolute Gasteiger partial charge is 0.323 e. The van der Waals surface area contributed by atoms with Gasteiger partial charge in [-0.3, -0.25) is 15.0 Å². The van der Waals surface area contributed by atoms with Crippen LogP contribution in [0.15, 0.2) is 0 Å². The Kier molecular flexibility index (Phi) is 3.68. The molecule has 86 valence electrons. The summed E-state index contributed by atoms with van der Waals surface area (Å²) in [5.74, 6) is 3.46. The molecule has 0 aliphatic heterocycles. The van der Waals surface area contributed by atoms with Gasteiger partial charge in [0.1, 0.15) is 0 Å². The average Bonchev–Trinajstić information content (AvgIpc) is 2.19. The zero-order chi connectivity index (χ0) is 11.5. The van der Waals surface area contributed by atoms with E-state index in [0.29, 0.717) is 0 Å². The first-order chi connectivity index (χ1) is 6.97. The summed E-state index contributed by atoms with van der Waals surface area (Å²) >= 11 is 0. The topological polar surface area (TPSA) is 84.2 Å². The van der Waals surface area contributed by atoms with Gasteiger partial charge in [0.15, 0.2) is 0 Å². The first kappa shape index (κ1) is 12.0. The quantitative estimate of drug-likeness (QED) is 0.249. The lowest BCUT2D eigenvalue weighted by Gasteiger charge is -2.38. The van der Waals surface area contributed by atoms with Crippen LogP contribution in [0.5, 0.6) is 0 Å². The van der Waals surface area contributed by atoms with Crippen LogP contribution in [-0.2, 0) is 9.59 Å². The summed E-state index contributed by atoms with van der Waals surface area (Å²) in [6, 6.07) is 0.0658. The van der Waals surface area contributed by atoms with Gasteiger partial charge in [-0.15, -0.1) is 0 Å². The summed E-state index contributed by atoms with van der Waals surface area (Å²) in [5.41, 5.74) is 1.89. The summed E-state index contributed by atoms with van der Waals surface area (Å²) in [4.78, 5) is 22.3. The fraction of sp³-hybridized carbons (Fsp3) is 0.800. The molecule has 1 aliphatic rings. The Hall–Kier alpha value is -1.10. The molecule has 0 aromatic rings. The molecule has 5 nitrogen and oxygen atoms in total. The van der Waals surface area contributed by atoms with Crippen molar-refractivity contribution >= 4 is 11.8 Å². The second-order valence-electron chi connectivity index (χ2n) is 4.73. The molecule has 1 fully saturated rings. The van der Waals surface area contributed by atoms with E-state index in [1.54, 1.807) is 0 Å². The normalized spacial score (nSPS) is 24.3. The number of nitrogens with two attached hydrogens (primary N) is 1. The summed E-state index contributed by atoms with van der Waals surface area (Å²) in [5, 5.41) is 2.73. The largest absolute Gasteiger partial charge is 0.345 e. The summed E-state index contributed by atoms with van der Waals surface area (Å²) < 4.78 is 0. The minimum Gasteiger partial charge on any atom is -0.345 e. The maximum absolute atomic E-state index is 11.3. The molecule has 0 aromatic carbocycles. The van der Waals surface area contributed by atoms with Gasteiger partial charge in [-0.05, 0) is 18.3 Å². The average molecular weight is 213 g/mol. The third-order valence-electron chi connectivity index (χ3n) is 3.15. The Balaban J connectivity index is 2.56. The molecule has 0 radical (unpaired) electrons. The molecule has 0 aromatic heterocycles. The predicted octanol–water partition coefficient (Wildman–Crippen LogP) is 0.0613. The van der Waals surface area contributed by atoms with E-state index in [2.05, 4.69) is 19.2 Å². The number of nitrogens with one attached hydrogen (secondary N) is 2. The van der Waals surface area contributed by atoms with E-state index in [4.69, 9.17) is 5.84 Å². The molecule has 15 heavy (non-hydrogen) atoms. The number of hydrazine groups is 1. The lowest BCUT2D eigenvalue weighted by molar-refractivity contribution is -0.140. The minimum absolute atomic E-state index is 0.0583. The van der Waals surface area contributed by atoms with Gasteiger partial charge in [0, 0.05) is 6.04 Å². The molecule has 5 heteroatoms. The Morgan fingerprint density at radius 1 is 1.27 bits per heavy atom. The fourth-order valence-corrected chi connectivity index (χ4v) is 2.05. The van der Waals surface area contributed by atoms with Crippen molar-refractivity contribution in [1.29, 1.82) is 0 Å². The SMILES string of the molecule is CC1(C)CCCCC1NC(=O)C(=O)NN. The third-order valence-corrected chi connectivity index (χ3v) is 3.15. The van der Waals surface area contributed by atoms with Gasteiger partial charge in [-0.1, -0.05) is 26.7 Å². The van der Waals surface area contributed by atoms with E-state index in [1.165, 1.54) is 6.42 Å². The highest BCUT2D eigenvalue weighted by atomic mass is 16.2. The van der Waals surface area contributed by atoms with E-state index >= 15 is 0 Å². The van der Waals surface area contributed by atoms with Crippen molar-refractivity contribution < 1.29 is 9.59 Å². The highest BCUT2D eigenvalue weighted by Crippen LogP contribution is 2.35. The molecule has 1 atom stereocenters. The lowest BCUT2D eigenvalue weighted by Crippen LogP contribution is -2.52. The van der Waals surface area contributed by atoms with Crippen molar-refractivity contribution in [2.75, 3.05) is 0 Å². The minimum atomic E-state index is -0.781. The van der Waals surface area contributed by atoms with Crippen LogP contribution in [0.4, 0.5) is 0 Å². The van der Waals surface area contributed by atoms with Crippen LogP contribution < -0.4 is 16.6 Å². The van der Waals surface area contributed by atoms with Crippen molar-refractivity contribution in [1.82, 2.24) is 10.7 Å². The maximum atomic E-state index is 11.3. The molecule has 0 bridgehead atoms. The standard InChI is InChI=1S/C10H19N3O2/c1-10(2)6-4-3-5-7(10)12-8(14)9(15)13-11/h7H,3-6,11H2,1-2H3,(H,12,14)(H,13,15). The Morgan fingerprint density at radius 3 is 2.47 bits per heavy atom. The number of carbonyl (C=O) groups is 2. The van der Waals surface area contributed by atoms with E-state index < -0.39 is 11.8 Å². The van der Waals surface area contributed by atoms with Crippen LogP contribution in [-0.4, -0.2) is 17.9 Å². The van der Waals surface area contributed by atoms with Crippen LogP contribution in [0, 0.1) is 5.41 Å². The van der Waals surface area contributed by atoms with Crippen LogP contribution >= 0.6 is 0 Å². The van der Waals surface area contributed by atoms with Crippen molar-refractivity contribution in [3.05, 3.63) is 0 Å². The zero-order valence-corrected chi connectivity index (χ0v) is 9.30.